The minimum atomic E-state index is -0.840. The molecule has 2 amide bonds. The van der Waals surface area contributed by atoms with Crippen LogP contribution in [0.4, 0.5) is 17.2 Å². The fraction of sp³-hybridized carbons (Fsp3) is 0.0769. The van der Waals surface area contributed by atoms with Gasteiger partial charge in [0, 0.05) is 34.2 Å². The number of nitrogens with one attached hydrogen (secondary N) is 5. The average Bonchev–Trinajstić information content (AvgIpc) is 3.58. The van der Waals surface area contributed by atoms with Gasteiger partial charge in [-0.05, 0) is 48.0 Å². The summed E-state index contributed by atoms with van der Waals surface area (Å²) in [5.74, 6) is -0.426. The van der Waals surface area contributed by atoms with Gasteiger partial charge in [0.25, 0.3) is 0 Å². The number of amides is 2. The van der Waals surface area contributed by atoms with Crippen molar-refractivity contribution < 1.29 is 9.59 Å². The number of H-pyrrole nitrogens is 1. The van der Waals surface area contributed by atoms with Crippen LogP contribution in [0, 0.1) is 0 Å². The van der Waals surface area contributed by atoms with E-state index in [9.17, 15) is 9.59 Å². The number of anilines is 3. The van der Waals surface area contributed by atoms with Crippen LogP contribution in [0.2, 0.25) is 5.02 Å². The molecular formula is C26H24ClN9O2. The maximum Gasteiger partial charge on any atom is 0.247 e. The minimum absolute atomic E-state index is 0.299. The lowest BCUT2D eigenvalue weighted by Gasteiger charge is -2.18. The summed E-state index contributed by atoms with van der Waals surface area (Å²) in [6.45, 7) is 0. The molecule has 0 saturated heterocycles. The molecule has 1 aromatic heterocycles. The van der Waals surface area contributed by atoms with Gasteiger partial charge in [0.05, 0.1) is 11.2 Å². The molecule has 0 unspecified atom stereocenters. The molecule has 38 heavy (non-hydrogen) atoms. The first-order chi connectivity index (χ1) is 18.5. The van der Waals surface area contributed by atoms with Crippen LogP contribution in [0.15, 0.2) is 77.9 Å². The summed E-state index contributed by atoms with van der Waals surface area (Å²) in [6, 6.07) is 19.1. The molecule has 4 aromatic rings. The van der Waals surface area contributed by atoms with Gasteiger partial charge >= 0.3 is 0 Å². The van der Waals surface area contributed by atoms with Crippen LogP contribution in [-0.2, 0) is 16.0 Å². The Kier molecular flexibility index (Phi) is 7.20. The zero-order valence-corrected chi connectivity index (χ0v) is 20.7. The van der Waals surface area contributed by atoms with Gasteiger partial charge in [-0.2, -0.15) is 10.2 Å². The average molecular weight is 530 g/mol. The Morgan fingerprint density at radius 3 is 2.74 bits per heavy atom. The monoisotopic (exact) mass is 529 g/mol. The SMILES string of the molecule is Nc1n[nH]c2cc(NC(=O)[C@H](Cc3ccccc3)NC(=O)/C=C/c3cc(Cl)ccc3N3C=NNN3)ccc12. The summed E-state index contributed by atoms with van der Waals surface area (Å²) < 4.78 is 0. The van der Waals surface area contributed by atoms with Crippen LogP contribution in [-0.4, -0.2) is 34.4 Å². The Morgan fingerprint density at radius 1 is 1.11 bits per heavy atom. The molecule has 1 atom stereocenters. The first kappa shape index (κ1) is 24.8. The minimum Gasteiger partial charge on any atom is -0.382 e. The number of carbonyl (C=O) groups is 2. The molecule has 1 aliphatic rings. The predicted octanol–water partition coefficient (Wildman–Crippen LogP) is 2.95. The standard InChI is InChI=1S/C26H24ClN9O2/c27-18-7-10-23(36-15-29-34-35-36)17(13-18)6-11-24(37)31-22(12-16-4-2-1-3-5-16)26(38)30-19-8-9-20-21(14-19)32-33-25(20)28/h1-11,13-15,22,34-35H,12H2,(H,30,38)(H,31,37)(H3,28,32,33)/b11-6+/t22-/m0/s1. The zero-order valence-electron chi connectivity index (χ0n) is 20.0. The molecule has 7 N–H and O–H groups in total. The van der Waals surface area contributed by atoms with E-state index in [1.807, 2.05) is 30.3 Å². The molecule has 12 heteroatoms. The van der Waals surface area contributed by atoms with Crippen molar-refractivity contribution in [2.24, 2.45) is 5.10 Å². The number of hydrogen-bond acceptors (Lipinski definition) is 8. The highest BCUT2D eigenvalue weighted by molar-refractivity contribution is 6.30. The smallest absolute Gasteiger partial charge is 0.247 e. The van der Waals surface area contributed by atoms with Crippen LogP contribution >= 0.6 is 11.6 Å². The third-order valence-corrected chi connectivity index (χ3v) is 6.08. The molecule has 192 valence electrons. The number of hydrazine groups is 2. The van der Waals surface area contributed by atoms with Gasteiger partial charge < -0.3 is 16.4 Å². The number of aromatic amines is 1. The molecule has 1 aliphatic heterocycles. The Hall–Kier alpha value is -4.87. The summed E-state index contributed by atoms with van der Waals surface area (Å²) in [6.07, 6.45) is 4.84. The van der Waals surface area contributed by atoms with Crippen LogP contribution in [0.5, 0.6) is 0 Å². The number of aromatic nitrogens is 2. The second kappa shape index (κ2) is 11.0. The van der Waals surface area contributed by atoms with E-state index >= 15 is 0 Å². The number of halogens is 1. The van der Waals surface area contributed by atoms with Crippen molar-refractivity contribution in [3.8, 4) is 0 Å². The van der Waals surface area contributed by atoms with Gasteiger partial charge in [0.15, 0.2) is 5.82 Å². The quantitative estimate of drug-likeness (QED) is 0.192. The molecule has 0 spiro atoms. The number of hydrogen-bond donors (Lipinski definition) is 6. The van der Waals surface area contributed by atoms with E-state index in [0.29, 0.717) is 34.0 Å². The van der Waals surface area contributed by atoms with Crippen LogP contribution in [0.25, 0.3) is 17.0 Å². The molecule has 2 heterocycles. The van der Waals surface area contributed by atoms with E-state index in [-0.39, 0.29) is 5.91 Å². The maximum atomic E-state index is 13.3. The number of nitrogen functional groups attached to an aromatic ring is 1. The molecule has 5 rings (SSSR count). The molecule has 0 bridgehead atoms. The van der Waals surface area contributed by atoms with Gasteiger partial charge in [-0.3, -0.25) is 14.7 Å². The van der Waals surface area contributed by atoms with E-state index in [1.54, 1.807) is 53.8 Å². The summed E-state index contributed by atoms with van der Waals surface area (Å²) in [7, 11) is 0. The highest BCUT2D eigenvalue weighted by Gasteiger charge is 2.21. The van der Waals surface area contributed by atoms with Gasteiger partial charge in [0.1, 0.15) is 12.4 Å². The number of benzene rings is 3. The normalized spacial score (nSPS) is 13.6. The second-order valence-corrected chi connectivity index (χ2v) is 8.92. The van der Waals surface area contributed by atoms with Crippen molar-refractivity contribution in [3.63, 3.8) is 0 Å². The molecule has 0 radical (unpaired) electrons. The molecule has 0 aliphatic carbocycles. The molecule has 11 nitrogen and oxygen atoms in total. The third kappa shape index (κ3) is 5.75. The van der Waals surface area contributed by atoms with E-state index in [4.69, 9.17) is 17.3 Å². The molecule has 0 fully saturated rings. The van der Waals surface area contributed by atoms with E-state index in [0.717, 1.165) is 16.6 Å². The molecule has 3 aromatic carbocycles. The molecular weight excluding hydrogens is 506 g/mol. The van der Waals surface area contributed by atoms with E-state index < -0.39 is 11.9 Å². The van der Waals surface area contributed by atoms with Crippen molar-refractivity contribution in [1.82, 2.24) is 26.6 Å². The number of rotatable bonds is 8. The Bertz CT molecular complexity index is 1530. The van der Waals surface area contributed by atoms with Crippen molar-refractivity contribution in [2.75, 3.05) is 16.1 Å². The highest BCUT2D eigenvalue weighted by Crippen LogP contribution is 2.25. The second-order valence-electron chi connectivity index (χ2n) is 8.48. The fourth-order valence-electron chi connectivity index (χ4n) is 3.99. The first-order valence-electron chi connectivity index (χ1n) is 11.7. The Labute approximate surface area is 222 Å². The van der Waals surface area contributed by atoms with Gasteiger partial charge in [-0.1, -0.05) is 41.9 Å². The van der Waals surface area contributed by atoms with Gasteiger partial charge in [-0.25, -0.2) is 10.5 Å². The van der Waals surface area contributed by atoms with Crippen LogP contribution < -0.4 is 32.4 Å². The third-order valence-electron chi connectivity index (χ3n) is 5.85. The van der Waals surface area contributed by atoms with Crippen molar-refractivity contribution in [2.45, 2.75) is 12.5 Å². The number of fused-ring (bicyclic) bond motifs is 1. The largest absolute Gasteiger partial charge is 0.382 e. The highest BCUT2D eigenvalue weighted by atomic mass is 35.5. The topological polar surface area (TPSA) is 153 Å². The first-order valence-corrected chi connectivity index (χ1v) is 12.0. The Balaban J connectivity index is 1.34. The summed E-state index contributed by atoms with van der Waals surface area (Å²) in [5, 5.41) is 19.3. The number of nitrogens with two attached hydrogens (primary N) is 1. The molecule has 0 saturated carbocycles. The zero-order chi connectivity index (χ0) is 26.5. The van der Waals surface area contributed by atoms with Gasteiger partial charge in [0.2, 0.25) is 11.8 Å². The predicted molar refractivity (Wildman–Crippen MR) is 149 cm³/mol. The van der Waals surface area contributed by atoms with Crippen molar-refractivity contribution in [3.05, 3.63) is 89.0 Å². The summed E-state index contributed by atoms with van der Waals surface area (Å²) >= 11 is 6.18. The summed E-state index contributed by atoms with van der Waals surface area (Å²) in [4.78, 5) is 26.2. The fourth-order valence-corrected chi connectivity index (χ4v) is 4.17. The maximum absolute atomic E-state index is 13.3. The lowest BCUT2D eigenvalue weighted by atomic mass is 10.0. The van der Waals surface area contributed by atoms with E-state index in [2.05, 4.69) is 37.0 Å². The van der Waals surface area contributed by atoms with Crippen molar-refractivity contribution >= 4 is 63.9 Å². The van der Waals surface area contributed by atoms with Crippen LogP contribution in [0.3, 0.4) is 0 Å². The lowest BCUT2D eigenvalue weighted by Crippen LogP contribution is -2.44. The summed E-state index contributed by atoms with van der Waals surface area (Å²) in [5.41, 5.74) is 14.8. The van der Waals surface area contributed by atoms with Crippen LogP contribution in [0.1, 0.15) is 11.1 Å². The number of nitrogens with zero attached hydrogens (tertiary/aromatic N) is 3. The number of hydrazone groups is 1. The van der Waals surface area contributed by atoms with E-state index in [1.165, 1.54) is 6.08 Å². The Morgan fingerprint density at radius 2 is 1.95 bits per heavy atom. The number of carbonyl (C=O) groups excluding carboxylic acids is 2. The lowest BCUT2D eigenvalue weighted by molar-refractivity contribution is -0.123. The van der Waals surface area contributed by atoms with Gasteiger partial charge in [-0.15, -0.1) is 5.53 Å². The van der Waals surface area contributed by atoms with Crippen molar-refractivity contribution in [1.29, 1.82) is 0 Å².